The Balaban J connectivity index is 4.37. The maximum absolute atomic E-state index is 12.9. The summed E-state index contributed by atoms with van der Waals surface area (Å²) in [5.74, 6) is -2.12. The first kappa shape index (κ1) is 73.7. The number of aliphatic carboxylic acids is 1. The number of esters is 2. The molecular formula is C70H110NO8+. The predicted octanol–water partition coefficient (Wildman–Crippen LogP) is 18.3. The third kappa shape index (κ3) is 60.1. The number of carbonyl (C=O) groups is 3. The van der Waals surface area contributed by atoms with Gasteiger partial charge in [-0.15, -0.1) is 0 Å². The summed E-state index contributed by atoms with van der Waals surface area (Å²) in [6.45, 7) is 4.54. The van der Waals surface area contributed by atoms with Crippen molar-refractivity contribution in [3.8, 4) is 0 Å². The van der Waals surface area contributed by atoms with Crippen molar-refractivity contribution >= 4 is 17.9 Å². The normalized spacial score (nSPS) is 14.0. The van der Waals surface area contributed by atoms with E-state index in [2.05, 4.69) is 184 Å². The van der Waals surface area contributed by atoms with Crippen LogP contribution in [-0.4, -0.2) is 87.4 Å². The van der Waals surface area contributed by atoms with E-state index in [0.717, 1.165) is 122 Å². The lowest BCUT2D eigenvalue weighted by Gasteiger charge is -2.25. The highest BCUT2D eigenvalue weighted by molar-refractivity contribution is 5.71. The van der Waals surface area contributed by atoms with Gasteiger partial charge in [-0.3, -0.25) is 9.59 Å². The minimum absolute atomic E-state index is 0.167. The van der Waals surface area contributed by atoms with Crippen LogP contribution in [-0.2, 0) is 33.3 Å². The largest absolute Gasteiger partial charge is 0.477 e. The van der Waals surface area contributed by atoms with Crippen molar-refractivity contribution in [2.45, 2.75) is 206 Å². The molecule has 0 heterocycles. The van der Waals surface area contributed by atoms with Gasteiger partial charge in [-0.25, -0.2) is 4.79 Å². The highest BCUT2D eigenvalue weighted by atomic mass is 16.7. The highest BCUT2D eigenvalue weighted by Gasteiger charge is 2.25. The Morgan fingerprint density at radius 1 is 0.380 bits per heavy atom. The summed E-state index contributed by atoms with van der Waals surface area (Å²) in [6.07, 6.45) is 85.8. The van der Waals surface area contributed by atoms with Gasteiger partial charge in [0.2, 0.25) is 0 Å². The second-order valence-corrected chi connectivity index (χ2v) is 20.5. The number of carboxylic acids is 1. The summed E-state index contributed by atoms with van der Waals surface area (Å²) < 4.78 is 22.8. The molecule has 9 nitrogen and oxygen atoms in total. The Morgan fingerprint density at radius 2 is 0.696 bits per heavy atom. The third-order valence-electron chi connectivity index (χ3n) is 12.0. The van der Waals surface area contributed by atoms with Crippen LogP contribution in [0.4, 0.5) is 0 Å². The zero-order valence-electron chi connectivity index (χ0n) is 50.2. The lowest BCUT2D eigenvalue weighted by molar-refractivity contribution is -0.870. The molecule has 0 rings (SSSR count). The molecule has 0 amide bonds. The van der Waals surface area contributed by atoms with E-state index in [-0.39, 0.29) is 32.7 Å². The molecule has 442 valence electrons. The van der Waals surface area contributed by atoms with E-state index in [0.29, 0.717) is 23.9 Å². The van der Waals surface area contributed by atoms with Gasteiger partial charge in [0.15, 0.2) is 6.10 Å². The summed E-state index contributed by atoms with van der Waals surface area (Å²) in [4.78, 5) is 37.5. The van der Waals surface area contributed by atoms with E-state index < -0.39 is 30.3 Å². The molecule has 9 heteroatoms. The van der Waals surface area contributed by atoms with Gasteiger partial charge in [0.25, 0.3) is 6.29 Å². The Labute approximate surface area is 482 Å². The van der Waals surface area contributed by atoms with Crippen LogP contribution in [0.3, 0.4) is 0 Å². The van der Waals surface area contributed by atoms with Crippen LogP contribution in [0.2, 0.25) is 0 Å². The molecule has 2 unspecified atom stereocenters. The van der Waals surface area contributed by atoms with Crippen LogP contribution in [0.25, 0.3) is 0 Å². The Bertz CT molecular complexity index is 1900. The van der Waals surface area contributed by atoms with E-state index in [9.17, 15) is 19.5 Å². The monoisotopic (exact) mass is 1090 g/mol. The number of hydrogen-bond acceptors (Lipinski definition) is 7. The average molecular weight is 1090 g/mol. The number of carbonyl (C=O) groups excluding carboxylic acids is 2. The maximum atomic E-state index is 12.9. The molecule has 79 heavy (non-hydrogen) atoms. The Morgan fingerprint density at radius 3 is 1.05 bits per heavy atom. The van der Waals surface area contributed by atoms with Crippen molar-refractivity contribution in [3.05, 3.63) is 170 Å². The first-order valence-electron chi connectivity index (χ1n) is 30.3. The van der Waals surface area contributed by atoms with Gasteiger partial charge in [0, 0.05) is 12.8 Å². The fourth-order valence-electron chi connectivity index (χ4n) is 7.39. The number of hydrogen-bond donors (Lipinski definition) is 1. The minimum Gasteiger partial charge on any atom is -0.477 e. The van der Waals surface area contributed by atoms with Crippen molar-refractivity contribution in [1.29, 1.82) is 0 Å². The van der Waals surface area contributed by atoms with Crippen molar-refractivity contribution in [1.82, 2.24) is 0 Å². The van der Waals surface area contributed by atoms with Gasteiger partial charge in [-0.1, -0.05) is 229 Å². The average Bonchev–Trinajstić information content (AvgIpc) is 3.42. The quantitative estimate of drug-likeness (QED) is 0.0211. The molecule has 0 aromatic rings. The molecule has 0 aliphatic rings. The molecule has 0 radical (unpaired) electrons. The number of allylic oxidation sites excluding steroid dienone is 28. The van der Waals surface area contributed by atoms with Gasteiger partial charge in [-0.05, 0) is 122 Å². The van der Waals surface area contributed by atoms with Crippen LogP contribution < -0.4 is 0 Å². The van der Waals surface area contributed by atoms with Crippen molar-refractivity contribution < 1.29 is 42.9 Å². The number of likely N-dealkylation sites (N-methyl/N-ethyl adjacent to an activating group) is 1. The smallest absolute Gasteiger partial charge is 0.361 e. The first-order valence-corrected chi connectivity index (χ1v) is 30.3. The number of rotatable bonds is 53. The van der Waals surface area contributed by atoms with E-state index in [1.807, 2.05) is 21.1 Å². The zero-order valence-corrected chi connectivity index (χ0v) is 50.2. The summed E-state index contributed by atoms with van der Waals surface area (Å²) in [7, 11) is 5.93. The standard InChI is InChI=1S/C70H109NO8/c1-6-8-10-12-14-16-18-20-22-24-26-28-30-31-32-33-34-35-36-37-39-41-43-45-47-49-51-53-55-57-59-61-68(73)79-66(65-78-70(69(74)75)76-63-62-71(3,4)5)64-77-67(72)60-58-56-54-52-50-48-46-44-42-40-38-29-27-25-23-21-19-17-15-13-11-9-7-2/h8-11,14-17,20-23,26-29,31-32,34-35,37,39-40,42,46,48,52,54,66,70H,6-7,12-13,18-19,24-25,30,33,36,38,41,43-45,47,49-51,53,55-65H2,1-5H3/p+1/b10-8-,11-9-,16-14-,17-15-,22-20-,23-21-,28-26-,29-27-,32-31-,35-34-,39-37-,42-40-,48-46-,54-52-. The number of nitrogens with zero attached hydrogens (tertiary/aromatic N) is 1. The molecule has 0 aliphatic heterocycles. The molecule has 0 fully saturated rings. The molecule has 0 saturated carbocycles. The zero-order chi connectivity index (χ0) is 57.6. The SMILES string of the molecule is CC/C=C\C/C=C\C/C=C\C/C=C\C/C=C\C/C=C\C/C=C\CCCCCCCCCCCC(=O)OC(COC(=O)CCC/C=C\C/C=C\C/C=C\C/C=C\C/C=C\C/C=C\C/C=C\CC)COC(OCC[N+](C)(C)C)C(=O)O. The van der Waals surface area contributed by atoms with Crippen LogP contribution >= 0.6 is 0 Å². The molecule has 0 spiro atoms. The second kappa shape index (κ2) is 58.8. The van der Waals surface area contributed by atoms with Crippen molar-refractivity contribution in [3.63, 3.8) is 0 Å². The summed E-state index contributed by atoms with van der Waals surface area (Å²) in [5, 5.41) is 9.71. The van der Waals surface area contributed by atoms with Crippen molar-refractivity contribution in [2.24, 2.45) is 0 Å². The fraction of sp³-hybridized carbons (Fsp3) is 0.557. The molecule has 0 bridgehead atoms. The van der Waals surface area contributed by atoms with Gasteiger partial charge in [-0.2, -0.15) is 0 Å². The fourth-order valence-corrected chi connectivity index (χ4v) is 7.39. The van der Waals surface area contributed by atoms with E-state index in [1.165, 1.54) is 32.1 Å². The van der Waals surface area contributed by atoms with E-state index in [1.54, 1.807) is 0 Å². The summed E-state index contributed by atoms with van der Waals surface area (Å²) in [5.41, 5.74) is 0. The molecular weight excluding hydrogens is 983 g/mol. The number of ether oxygens (including phenoxy) is 4. The first-order chi connectivity index (χ1) is 38.6. The Kier molecular flexibility index (Phi) is 54.8. The van der Waals surface area contributed by atoms with Gasteiger partial charge in [0.1, 0.15) is 13.2 Å². The predicted molar refractivity (Wildman–Crippen MR) is 336 cm³/mol. The maximum Gasteiger partial charge on any atom is 0.361 e. The lowest BCUT2D eigenvalue weighted by Crippen LogP contribution is -2.40. The van der Waals surface area contributed by atoms with Crippen molar-refractivity contribution in [2.75, 3.05) is 47.5 Å². The second-order valence-electron chi connectivity index (χ2n) is 20.5. The third-order valence-corrected chi connectivity index (χ3v) is 12.0. The highest BCUT2D eigenvalue weighted by Crippen LogP contribution is 2.14. The van der Waals surface area contributed by atoms with E-state index in [4.69, 9.17) is 18.9 Å². The van der Waals surface area contributed by atoms with Crippen LogP contribution in [0, 0.1) is 0 Å². The molecule has 0 saturated heterocycles. The lowest BCUT2D eigenvalue weighted by atomic mass is 10.1. The molecule has 0 aliphatic carbocycles. The van der Waals surface area contributed by atoms with Crippen LogP contribution in [0.15, 0.2) is 170 Å². The van der Waals surface area contributed by atoms with Crippen LogP contribution in [0.1, 0.15) is 194 Å². The summed E-state index contributed by atoms with van der Waals surface area (Å²) in [6, 6.07) is 0. The van der Waals surface area contributed by atoms with Gasteiger partial charge < -0.3 is 28.5 Å². The van der Waals surface area contributed by atoms with Crippen LogP contribution in [0.5, 0.6) is 0 Å². The summed E-state index contributed by atoms with van der Waals surface area (Å²) >= 11 is 0. The Hall–Kier alpha value is -5.35. The number of unbranched alkanes of at least 4 members (excludes halogenated alkanes) is 10. The number of carboxylic acid groups (broad SMARTS) is 1. The van der Waals surface area contributed by atoms with Gasteiger partial charge in [0.05, 0.1) is 34.4 Å². The van der Waals surface area contributed by atoms with Gasteiger partial charge >= 0.3 is 17.9 Å². The molecule has 2 atom stereocenters. The molecule has 0 aromatic heterocycles. The molecule has 0 aromatic carbocycles. The minimum atomic E-state index is -1.54. The van der Waals surface area contributed by atoms with E-state index >= 15 is 0 Å². The topological polar surface area (TPSA) is 108 Å². The number of quaternary nitrogens is 1. The molecule has 1 N–H and O–H groups in total.